The lowest BCUT2D eigenvalue weighted by molar-refractivity contribution is 0.411. The molecule has 1 saturated carbocycles. The van der Waals surface area contributed by atoms with Crippen molar-refractivity contribution in [2.75, 3.05) is 0 Å². The number of aliphatic imine (C=N–C) groups is 2. The van der Waals surface area contributed by atoms with E-state index in [1.54, 1.807) is 6.21 Å². The molecule has 0 amide bonds. The van der Waals surface area contributed by atoms with Gasteiger partial charge in [0.2, 0.25) is 0 Å². The summed E-state index contributed by atoms with van der Waals surface area (Å²) in [5, 5.41) is 0. The number of rotatable bonds is 9. The van der Waals surface area contributed by atoms with Gasteiger partial charge in [0.05, 0.1) is 6.20 Å². The summed E-state index contributed by atoms with van der Waals surface area (Å²) in [6, 6.07) is 4.04. The molecule has 1 atom stereocenters. The first kappa shape index (κ1) is 19.4. The van der Waals surface area contributed by atoms with Crippen molar-refractivity contribution in [2.45, 2.75) is 64.7 Å². The molecule has 1 fully saturated rings. The van der Waals surface area contributed by atoms with E-state index in [1.165, 1.54) is 31.0 Å². The molecule has 0 saturated heterocycles. The fourth-order valence-electron chi connectivity index (χ4n) is 3.17. The van der Waals surface area contributed by atoms with Crippen molar-refractivity contribution in [3.8, 4) is 0 Å². The molecule has 2 rings (SSSR count). The summed E-state index contributed by atoms with van der Waals surface area (Å²) in [7, 11) is 0. The van der Waals surface area contributed by atoms with Gasteiger partial charge in [-0.25, -0.2) is 9.38 Å². The van der Waals surface area contributed by atoms with Crippen LogP contribution in [0.3, 0.4) is 0 Å². The number of nitrogens with two attached hydrogens (primary N) is 1. The Morgan fingerprint density at radius 3 is 2.80 bits per heavy atom. The second-order valence-corrected chi connectivity index (χ2v) is 7.04. The van der Waals surface area contributed by atoms with Crippen LogP contribution in [0, 0.1) is 11.7 Å². The molecule has 4 heteroatoms. The highest BCUT2D eigenvalue weighted by atomic mass is 19.1. The third-order valence-corrected chi connectivity index (χ3v) is 5.26. The predicted molar refractivity (Wildman–Crippen MR) is 105 cm³/mol. The Labute approximate surface area is 151 Å². The molecule has 1 aromatic rings. The van der Waals surface area contributed by atoms with Crippen LogP contribution in [0.5, 0.6) is 0 Å². The van der Waals surface area contributed by atoms with Gasteiger partial charge in [-0.3, -0.25) is 4.99 Å². The van der Waals surface area contributed by atoms with E-state index >= 15 is 4.39 Å². The summed E-state index contributed by atoms with van der Waals surface area (Å²) in [5.41, 5.74) is 8.47. The van der Waals surface area contributed by atoms with E-state index in [0.29, 0.717) is 23.8 Å². The van der Waals surface area contributed by atoms with Crippen LogP contribution in [0.2, 0.25) is 0 Å². The van der Waals surface area contributed by atoms with Gasteiger partial charge < -0.3 is 5.73 Å². The Morgan fingerprint density at radius 2 is 2.20 bits per heavy atom. The lowest BCUT2D eigenvalue weighted by Crippen LogP contribution is -2.14. The van der Waals surface area contributed by atoms with Gasteiger partial charge in [0.15, 0.2) is 0 Å². The van der Waals surface area contributed by atoms with Gasteiger partial charge >= 0.3 is 0 Å². The molecule has 2 N–H and O–H groups in total. The predicted octanol–water partition coefficient (Wildman–Crippen LogP) is 5.14. The second-order valence-electron chi connectivity index (χ2n) is 7.04. The van der Waals surface area contributed by atoms with E-state index in [0.717, 1.165) is 24.8 Å². The van der Waals surface area contributed by atoms with Crippen LogP contribution >= 0.6 is 0 Å². The third-order valence-electron chi connectivity index (χ3n) is 5.26. The molecule has 0 aliphatic heterocycles. The Morgan fingerprint density at radius 1 is 1.44 bits per heavy atom. The van der Waals surface area contributed by atoms with E-state index in [2.05, 4.69) is 36.6 Å². The minimum atomic E-state index is -0.0523. The van der Waals surface area contributed by atoms with E-state index in [1.807, 2.05) is 6.07 Å². The van der Waals surface area contributed by atoms with Crippen LogP contribution in [0.4, 0.5) is 4.39 Å². The van der Waals surface area contributed by atoms with Crippen LogP contribution in [-0.2, 0) is 12.8 Å². The first-order valence-electron chi connectivity index (χ1n) is 9.30. The molecule has 25 heavy (non-hydrogen) atoms. The highest BCUT2D eigenvalue weighted by Crippen LogP contribution is 2.39. The Kier molecular flexibility index (Phi) is 7.35. The number of benzene rings is 1. The van der Waals surface area contributed by atoms with Crippen molar-refractivity contribution in [1.82, 2.24) is 0 Å². The van der Waals surface area contributed by atoms with Crippen LogP contribution in [0.1, 0.15) is 68.6 Å². The van der Waals surface area contributed by atoms with Gasteiger partial charge in [0, 0.05) is 12.6 Å². The van der Waals surface area contributed by atoms with E-state index < -0.39 is 0 Å². The molecular weight excluding hydrogens is 313 g/mol. The van der Waals surface area contributed by atoms with E-state index in [9.17, 15) is 0 Å². The second kappa shape index (κ2) is 9.50. The molecule has 0 radical (unpaired) electrons. The third kappa shape index (κ3) is 5.25. The van der Waals surface area contributed by atoms with Gasteiger partial charge in [-0.15, -0.1) is 0 Å². The summed E-state index contributed by atoms with van der Waals surface area (Å²) in [6.45, 7) is 7.76. The number of nitrogens with zero attached hydrogens (tertiary/aromatic N) is 2. The zero-order valence-electron chi connectivity index (χ0n) is 15.5. The largest absolute Gasteiger partial charge is 0.382 e. The van der Waals surface area contributed by atoms with Crippen LogP contribution in [-0.4, -0.2) is 12.9 Å². The van der Waals surface area contributed by atoms with Crippen LogP contribution in [0.15, 0.2) is 34.1 Å². The smallest absolute Gasteiger partial charge is 0.141 e. The van der Waals surface area contributed by atoms with E-state index in [-0.39, 0.29) is 11.6 Å². The maximum atomic E-state index is 15.1. The standard InChI is InChI=1S/C21H30FN3/c1-4-15(2)8-10-19-18(16-6-5-7-16)11-9-17(21(19)22)12-13-25-20(23)14-24-3/h9,11,13-16H,3-8,10,12,23H2,1-2H3/b20-14-,25-13?. The summed E-state index contributed by atoms with van der Waals surface area (Å²) in [6.07, 6.45) is 10.1. The normalized spacial score (nSPS) is 16.8. The summed E-state index contributed by atoms with van der Waals surface area (Å²) in [5.74, 6) is 1.39. The highest BCUT2D eigenvalue weighted by Gasteiger charge is 2.24. The lowest BCUT2D eigenvalue weighted by Gasteiger charge is -2.29. The van der Waals surface area contributed by atoms with Crippen molar-refractivity contribution >= 4 is 12.9 Å². The monoisotopic (exact) mass is 343 g/mol. The van der Waals surface area contributed by atoms with Crippen molar-refractivity contribution in [3.63, 3.8) is 0 Å². The molecule has 1 aromatic carbocycles. The summed E-state index contributed by atoms with van der Waals surface area (Å²) in [4.78, 5) is 7.63. The number of hydrogen-bond donors (Lipinski definition) is 1. The fourth-order valence-corrected chi connectivity index (χ4v) is 3.17. The van der Waals surface area contributed by atoms with Crippen LogP contribution < -0.4 is 5.73 Å². The molecule has 3 nitrogen and oxygen atoms in total. The molecule has 0 aromatic heterocycles. The molecular formula is C21H30FN3. The Balaban J connectivity index is 2.20. The SMILES string of the molecule is C=N/C=C(/N)N=CCc1ccc(C2CCC2)c(CCC(C)CC)c1F. The Hall–Kier alpha value is -1.97. The maximum absolute atomic E-state index is 15.1. The fraction of sp³-hybridized carbons (Fsp3) is 0.524. The maximum Gasteiger partial charge on any atom is 0.141 e. The minimum Gasteiger partial charge on any atom is -0.382 e. The van der Waals surface area contributed by atoms with Gasteiger partial charge in [0.1, 0.15) is 11.6 Å². The zero-order chi connectivity index (χ0) is 18.2. The molecule has 1 aliphatic rings. The molecule has 0 heterocycles. The first-order chi connectivity index (χ1) is 12.1. The number of hydrogen-bond acceptors (Lipinski definition) is 3. The van der Waals surface area contributed by atoms with Crippen LogP contribution in [0.25, 0.3) is 0 Å². The zero-order valence-corrected chi connectivity index (χ0v) is 15.5. The quantitative estimate of drug-likeness (QED) is 0.620. The van der Waals surface area contributed by atoms with Crippen molar-refractivity contribution in [1.29, 1.82) is 0 Å². The topological polar surface area (TPSA) is 50.7 Å². The lowest BCUT2D eigenvalue weighted by atomic mass is 9.76. The Bertz CT molecular complexity index is 645. The van der Waals surface area contributed by atoms with Crippen molar-refractivity contribution < 1.29 is 4.39 Å². The average Bonchev–Trinajstić information content (AvgIpc) is 2.54. The van der Waals surface area contributed by atoms with Gasteiger partial charge in [-0.05, 0) is 60.9 Å². The minimum absolute atomic E-state index is 0.0523. The summed E-state index contributed by atoms with van der Waals surface area (Å²) < 4.78 is 15.1. The summed E-state index contributed by atoms with van der Waals surface area (Å²) >= 11 is 0. The molecule has 0 spiro atoms. The number of halogens is 1. The van der Waals surface area contributed by atoms with Gasteiger partial charge in [-0.2, -0.15) is 0 Å². The molecule has 1 aliphatic carbocycles. The average molecular weight is 343 g/mol. The molecule has 1 unspecified atom stereocenters. The van der Waals surface area contributed by atoms with Crippen molar-refractivity contribution in [3.05, 3.63) is 46.7 Å². The molecule has 0 bridgehead atoms. The van der Waals surface area contributed by atoms with E-state index in [4.69, 9.17) is 5.73 Å². The van der Waals surface area contributed by atoms with Gasteiger partial charge in [0.25, 0.3) is 0 Å². The highest BCUT2D eigenvalue weighted by molar-refractivity contribution is 5.63. The van der Waals surface area contributed by atoms with Gasteiger partial charge in [-0.1, -0.05) is 38.8 Å². The van der Waals surface area contributed by atoms with Crippen molar-refractivity contribution in [2.24, 2.45) is 21.6 Å². The molecule has 136 valence electrons. The first-order valence-corrected chi connectivity index (χ1v) is 9.30.